The fourth-order valence-corrected chi connectivity index (χ4v) is 2.56. The summed E-state index contributed by atoms with van der Waals surface area (Å²) in [4.78, 5) is 17.9. The minimum Gasteiger partial charge on any atom is -0.378 e. The lowest BCUT2D eigenvalue weighted by molar-refractivity contribution is -0.122. The van der Waals surface area contributed by atoms with Crippen molar-refractivity contribution in [3.05, 3.63) is 30.1 Å². The van der Waals surface area contributed by atoms with E-state index in [0.29, 0.717) is 19.2 Å². The molecule has 0 aromatic carbocycles. The Labute approximate surface area is 126 Å². The van der Waals surface area contributed by atoms with Crippen molar-refractivity contribution in [2.75, 3.05) is 26.7 Å². The highest BCUT2D eigenvalue weighted by atomic mass is 16.5. The monoisotopic (exact) mass is 291 g/mol. The summed E-state index contributed by atoms with van der Waals surface area (Å²) in [5, 5.41) is 2.97. The van der Waals surface area contributed by atoms with Gasteiger partial charge in [0.15, 0.2) is 0 Å². The molecule has 1 aromatic rings. The molecule has 116 valence electrons. The highest BCUT2D eigenvalue weighted by Crippen LogP contribution is 2.14. The number of nitrogens with zero attached hydrogens (tertiary/aromatic N) is 2. The van der Waals surface area contributed by atoms with Gasteiger partial charge >= 0.3 is 0 Å². The minimum absolute atomic E-state index is 0.0716. The molecule has 0 spiro atoms. The summed E-state index contributed by atoms with van der Waals surface area (Å²) in [7, 11) is 1.95. The Morgan fingerprint density at radius 1 is 1.43 bits per heavy atom. The molecule has 2 heterocycles. The van der Waals surface area contributed by atoms with Crippen LogP contribution < -0.4 is 5.32 Å². The number of aromatic nitrogens is 1. The van der Waals surface area contributed by atoms with Crippen molar-refractivity contribution in [2.24, 2.45) is 0 Å². The van der Waals surface area contributed by atoms with Crippen LogP contribution in [0.15, 0.2) is 24.5 Å². The molecule has 0 aliphatic carbocycles. The highest BCUT2D eigenvalue weighted by molar-refractivity contribution is 5.77. The molecule has 0 unspecified atom stereocenters. The van der Waals surface area contributed by atoms with Crippen molar-refractivity contribution >= 4 is 5.91 Å². The van der Waals surface area contributed by atoms with Crippen LogP contribution in [0, 0.1) is 0 Å². The zero-order valence-electron chi connectivity index (χ0n) is 12.8. The minimum atomic E-state index is 0.0716. The van der Waals surface area contributed by atoms with Gasteiger partial charge in [0.1, 0.15) is 0 Å². The number of rotatable bonds is 7. The van der Waals surface area contributed by atoms with E-state index in [1.807, 2.05) is 24.1 Å². The Morgan fingerprint density at radius 3 is 2.95 bits per heavy atom. The van der Waals surface area contributed by atoms with Gasteiger partial charge in [0.2, 0.25) is 5.91 Å². The fourth-order valence-electron chi connectivity index (χ4n) is 2.56. The summed E-state index contributed by atoms with van der Waals surface area (Å²) in [5.74, 6) is 0.0716. The summed E-state index contributed by atoms with van der Waals surface area (Å²) in [6, 6.07) is 3.93. The topological polar surface area (TPSA) is 54.5 Å². The molecule has 1 saturated heterocycles. The molecule has 0 saturated carbocycles. The van der Waals surface area contributed by atoms with E-state index in [4.69, 9.17) is 4.74 Å². The van der Waals surface area contributed by atoms with Crippen molar-refractivity contribution in [1.82, 2.24) is 15.2 Å². The Balaban J connectivity index is 1.60. The van der Waals surface area contributed by atoms with Crippen LogP contribution in [-0.4, -0.2) is 48.6 Å². The normalized spacial score (nSPS) is 18.7. The van der Waals surface area contributed by atoms with Crippen LogP contribution in [0.5, 0.6) is 0 Å². The van der Waals surface area contributed by atoms with Gasteiger partial charge in [-0.15, -0.1) is 0 Å². The molecule has 21 heavy (non-hydrogen) atoms. The second-order valence-electron chi connectivity index (χ2n) is 5.65. The molecule has 5 heteroatoms. The van der Waals surface area contributed by atoms with Gasteiger partial charge in [0.25, 0.3) is 0 Å². The van der Waals surface area contributed by atoms with Gasteiger partial charge in [-0.3, -0.25) is 14.7 Å². The third-order valence-electron chi connectivity index (χ3n) is 3.68. The van der Waals surface area contributed by atoms with Crippen LogP contribution in [0.1, 0.15) is 31.2 Å². The molecule has 0 radical (unpaired) electrons. The third-order valence-corrected chi connectivity index (χ3v) is 3.68. The van der Waals surface area contributed by atoms with Gasteiger partial charge in [0.05, 0.1) is 12.6 Å². The molecule has 1 amide bonds. The molecule has 5 nitrogen and oxygen atoms in total. The summed E-state index contributed by atoms with van der Waals surface area (Å²) in [6.07, 6.45) is 8.32. The Bertz CT molecular complexity index is 419. The van der Waals surface area contributed by atoms with E-state index < -0.39 is 0 Å². The number of nitrogens with one attached hydrogen (secondary N) is 1. The van der Waals surface area contributed by atoms with Crippen LogP contribution >= 0.6 is 0 Å². The molecule has 1 aromatic heterocycles. The quantitative estimate of drug-likeness (QED) is 0.829. The second-order valence-corrected chi connectivity index (χ2v) is 5.65. The number of pyridine rings is 1. The average molecular weight is 291 g/mol. The number of amides is 1. The number of carbonyl (C=O) groups is 1. The molecule has 1 N–H and O–H groups in total. The van der Waals surface area contributed by atoms with Crippen LogP contribution in [0.4, 0.5) is 0 Å². The van der Waals surface area contributed by atoms with E-state index in [1.165, 1.54) is 12.8 Å². The predicted octanol–water partition coefficient (Wildman–Crippen LogP) is 1.59. The maximum Gasteiger partial charge on any atom is 0.234 e. The summed E-state index contributed by atoms with van der Waals surface area (Å²) in [5.41, 5.74) is 1.16. The fraction of sp³-hybridized carbons (Fsp3) is 0.625. The van der Waals surface area contributed by atoms with E-state index >= 15 is 0 Å². The summed E-state index contributed by atoms with van der Waals surface area (Å²) >= 11 is 0. The highest BCUT2D eigenvalue weighted by Gasteiger charge is 2.14. The molecule has 1 aliphatic heterocycles. The molecular weight excluding hydrogens is 266 g/mol. The van der Waals surface area contributed by atoms with Crippen molar-refractivity contribution in [3.8, 4) is 0 Å². The van der Waals surface area contributed by atoms with Gasteiger partial charge < -0.3 is 10.1 Å². The lowest BCUT2D eigenvalue weighted by Crippen LogP contribution is -2.36. The molecule has 1 fully saturated rings. The van der Waals surface area contributed by atoms with Gasteiger partial charge in [0, 0.05) is 32.1 Å². The molecular formula is C16H25N3O2. The number of hydrogen-bond donors (Lipinski definition) is 1. The number of carbonyl (C=O) groups excluding carboxylic acids is 1. The van der Waals surface area contributed by atoms with Gasteiger partial charge in [-0.05, 0) is 50.4 Å². The molecule has 0 bridgehead atoms. The Kier molecular flexibility index (Phi) is 6.63. The lowest BCUT2D eigenvalue weighted by Gasteiger charge is -2.22. The van der Waals surface area contributed by atoms with E-state index in [2.05, 4.69) is 10.3 Å². The van der Waals surface area contributed by atoms with Crippen molar-refractivity contribution in [3.63, 3.8) is 0 Å². The first kappa shape index (κ1) is 15.9. The Hall–Kier alpha value is -1.46. The average Bonchev–Trinajstić information content (AvgIpc) is 2.49. The number of likely N-dealkylation sites (N-methyl/N-ethyl adjacent to an activating group) is 1. The second kappa shape index (κ2) is 8.74. The lowest BCUT2D eigenvalue weighted by atomic mass is 10.1. The zero-order chi connectivity index (χ0) is 14.9. The zero-order valence-corrected chi connectivity index (χ0v) is 12.8. The Morgan fingerprint density at radius 2 is 2.24 bits per heavy atom. The largest absolute Gasteiger partial charge is 0.378 e. The number of hydrogen-bond acceptors (Lipinski definition) is 4. The molecule has 2 rings (SSSR count). The standard InChI is InChI=1S/C16H25N3O2/c1-19(12-14-5-8-17-9-6-14)13-16(20)18-10-7-15-4-2-3-11-21-15/h5-6,8-9,15H,2-4,7,10-13H2,1H3,(H,18,20)/t15-/m1/s1. The van der Waals surface area contributed by atoms with E-state index in [9.17, 15) is 4.79 Å². The first-order valence-electron chi connectivity index (χ1n) is 7.70. The SMILES string of the molecule is CN(CC(=O)NCC[C@H]1CCCCO1)Cc1ccncc1. The van der Waals surface area contributed by atoms with Gasteiger partial charge in [-0.1, -0.05) is 0 Å². The maximum absolute atomic E-state index is 11.9. The third kappa shape index (κ3) is 6.23. The van der Waals surface area contributed by atoms with E-state index in [-0.39, 0.29) is 5.91 Å². The van der Waals surface area contributed by atoms with Crippen LogP contribution in [0.2, 0.25) is 0 Å². The van der Waals surface area contributed by atoms with Crippen LogP contribution in [0.3, 0.4) is 0 Å². The van der Waals surface area contributed by atoms with Crippen LogP contribution in [0.25, 0.3) is 0 Å². The predicted molar refractivity (Wildman–Crippen MR) is 81.8 cm³/mol. The number of ether oxygens (including phenoxy) is 1. The first-order valence-corrected chi connectivity index (χ1v) is 7.70. The van der Waals surface area contributed by atoms with Gasteiger partial charge in [-0.2, -0.15) is 0 Å². The molecule has 1 atom stereocenters. The van der Waals surface area contributed by atoms with Gasteiger partial charge in [-0.25, -0.2) is 0 Å². The van der Waals surface area contributed by atoms with Crippen molar-refractivity contribution in [2.45, 2.75) is 38.3 Å². The van der Waals surface area contributed by atoms with Crippen LogP contribution in [-0.2, 0) is 16.1 Å². The maximum atomic E-state index is 11.9. The smallest absolute Gasteiger partial charge is 0.234 e. The van der Waals surface area contributed by atoms with E-state index in [0.717, 1.165) is 31.6 Å². The van der Waals surface area contributed by atoms with Crippen molar-refractivity contribution in [1.29, 1.82) is 0 Å². The summed E-state index contributed by atoms with van der Waals surface area (Å²) in [6.45, 7) is 2.73. The van der Waals surface area contributed by atoms with Crippen molar-refractivity contribution < 1.29 is 9.53 Å². The molecule has 1 aliphatic rings. The summed E-state index contributed by atoms with van der Waals surface area (Å²) < 4.78 is 5.65. The first-order chi connectivity index (χ1) is 10.2. The van der Waals surface area contributed by atoms with E-state index in [1.54, 1.807) is 12.4 Å².